The van der Waals surface area contributed by atoms with Crippen molar-refractivity contribution in [2.24, 2.45) is 0 Å². The highest BCUT2D eigenvalue weighted by atomic mass is 35.5. The number of phenols is 1. The first-order valence-electron chi connectivity index (χ1n) is 7.50. The lowest BCUT2D eigenvalue weighted by Gasteiger charge is -2.40. The van der Waals surface area contributed by atoms with Crippen molar-refractivity contribution in [3.8, 4) is 11.5 Å². The van der Waals surface area contributed by atoms with E-state index in [1.807, 2.05) is 24.3 Å². The van der Waals surface area contributed by atoms with Crippen molar-refractivity contribution in [3.63, 3.8) is 0 Å². The van der Waals surface area contributed by atoms with E-state index in [1.165, 1.54) is 13.2 Å². The molecule has 1 aliphatic carbocycles. The molecule has 5 heteroatoms. The van der Waals surface area contributed by atoms with Gasteiger partial charge in [0.15, 0.2) is 11.5 Å². The van der Waals surface area contributed by atoms with Gasteiger partial charge in [-0.3, -0.25) is 4.79 Å². The Bertz CT molecular complexity index is 724. The minimum Gasteiger partial charge on any atom is -0.504 e. The highest BCUT2D eigenvalue weighted by Gasteiger charge is 2.45. The second-order valence-electron chi connectivity index (χ2n) is 5.78. The first-order valence-corrected chi connectivity index (χ1v) is 7.87. The number of hydrogen-bond acceptors (Lipinski definition) is 3. The zero-order chi connectivity index (χ0) is 16.4. The van der Waals surface area contributed by atoms with Crippen LogP contribution in [0.1, 0.15) is 24.8 Å². The van der Waals surface area contributed by atoms with E-state index in [2.05, 4.69) is 5.32 Å². The van der Waals surface area contributed by atoms with Crippen LogP contribution in [0.2, 0.25) is 5.02 Å². The summed E-state index contributed by atoms with van der Waals surface area (Å²) in [5, 5.41) is 13.2. The summed E-state index contributed by atoms with van der Waals surface area (Å²) < 4.78 is 5.07. The van der Waals surface area contributed by atoms with Gasteiger partial charge >= 0.3 is 0 Å². The second-order valence-corrected chi connectivity index (χ2v) is 6.22. The average molecular weight is 332 g/mol. The molecule has 2 aromatic rings. The van der Waals surface area contributed by atoms with Crippen molar-refractivity contribution in [2.75, 3.05) is 12.4 Å². The number of benzene rings is 2. The van der Waals surface area contributed by atoms with Crippen molar-refractivity contribution >= 4 is 23.2 Å². The lowest BCUT2D eigenvalue weighted by molar-refractivity contribution is -0.124. The molecule has 0 saturated heterocycles. The molecular formula is C18H18ClNO3. The number of phenolic OH excluding ortho intramolecular Hbond substituents is 1. The van der Waals surface area contributed by atoms with E-state index in [0.29, 0.717) is 16.5 Å². The molecule has 0 bridgehead atoms. The molecule has 0 atom stereocenters. The van der Waals surface area contributed by atoms with Gasteiger partial charge in [0, 0.05) is 16.8 Å². The third-order valence-electron chi connectivity index (χ3n) is 4.48. The lowest BCUT2D eigenvalue weighted by Crippen LogP contribution is -2.45. The minimum absolute atomic E-state index is 0.0428. The summed E-state index contributed by atoms with van der Waals surface area (Å²) in [5.74, 6) is 0.331. The van der Waals surface area contributed by atoms with E-state index in [4.69, 9.17) is 16.3 Å². The van der Waals surface area contributed by atoms with Crippen molar-refractivity contribution in [1.29, 1.82) is 0 Å². The summed E-state index contributed by atoms with van der Waals surface area (Å²) in [4.78, 5) is 12.8. The first-order chi connectivity index (χ1) is 11.0. The summed E-state index contributed by atoms with van der Waals surface area (Å²) in [6.45, 7) is 0. The third kappa shape index (κ3) is 2.86. The quantitative estimate of drug-likeness (QED) is 0.829. The Morgan fingerprint density at radius 3 is 2.48 bits per heavy atom. The standard InChI is InChI=1S/C18H18ClNO3/c1-23-16-11-14(7-8-15(16)21)20-17(22)18(9-2-10-18)12-3-5-13(19)6-4-12/h3-8,11,21H,2,9-10H2,1H3,(H,20,22). The zero-order valence-electron chi connectivity index (χ0n) is 12.8. The van der Waals surface area contributed by atoms with Crippen molar-refractivity contribution in [1.82, 2.24) is 0 Å². The molecule has 2 aromatic carbocycles. The van der Waals surface area contributed by atoms with Crippen LogP contribution in [0.15, 0.2) is 42.5 Å². The maximum Gasteiger partial charge on any atom is 0.235 e. The van der Waals surface area contributed by atoms with Gasteiger partial charge in [-0.25, -0.2) is 0 Å². The molecule has 0 heterocycles. The van der Waals surface area contributed by atoms with E-state index >= 15 is 0 Å². The first kappa shape index (κ1) is 15.7. The van der Waals surface area contributed by atoms with Crippen molar-refractivity contribution in [2.45, 2.75) is 24.7 Å². The number of amides is 1. The molecule has 2 N–H and O–H groups in total. The molecule has 0 aromatic heterocycles. The van der Waals surface area contributed by atoms with Crippen LogP contribution in [0.3, 0.4) is 0 Å². The fourth-order valence-corrected chi connectivity index (χ4v) is 3.08. The number of carbonyl (C=O) groups excluding carboxylic acids is 1. The molecule has 1 amide bonds. The van der Waals surface area contributed by atoms with E-state index in [0.717, 1.165) is 24.8 Å². The van der Waals surface area contributed by atoms with Gasteiger partial charge < -0.3 is 15.2 Å². The molecule has 1 fully saturated rings. The monoisotopic (exact) mass is 331 g/mol. The number of halogens is 1. The maximum atomic E-state index is 12.8. The van der Waals surface area contributed by atoms with Crippen LogP contribution in [0.25, 0.3) is 0 Å². The van der Waals surface area contributed by atoms with Gasteiger partial charge in [-0.1, -0.05) is 30.2 Å². The van der Waals surface area contributed by atoms with E-state index in [-0.39, 0.29) is 11.7 Å². The van der Waals surface area contributed by atoms with Crippen LogP contribution in [0.5, 0.6) is 11.5 Å². The second kappa shape index (κ2) is 6.13. The maximum absolute atomic E-state index is 12.8. The predicted molar refractivity (Wildman–Crippen MR) is 90.3 cm³/mol. The number of carbonyl (C=O) groups is 1. The van der Waals surface area contributed by atoms with Crippen molar-refractivity contribution in [3.05, 3.63) is 53.1 Å². The van der Waals surface area contributed by atoms with Gasteiger partial charge in [-0.15, -0.1) is 0 Å². The SMILES string of the molecule is COc1cc(NC(=O)C2(c3ccc(Cl)cc3)CCC2)ccc1O. The molecule has 120 valence electrons. The molecule has 0 spiro atoms. The molecule has 0 aliphatic heterocycles. The molecule has 1 saturated carbocycles. The van der Waals surface area contributed by atoms with Gasteiger partial charge in [0.25, 0.3) is 0 Å². The molecule has 3 rings (SSSR count). The smallest absolute Gasteiger partial charge is 0.235 e. The molecule has 0 unspecified atom stereocenters. The van der Waals surface area contributed by atoms with Crippen LogP contribution in [-0.4, -0.2) is 18.1 Å². The van der Waals surface area contributed by atoms with Crippen LogP contribution < -0.4 is 10.1 Å². The Kier molecular flexibility index (Phi) is 4.18. The third-order valence-corrected chi connectivity index (χ3v) is 4.73. The zero-order valence-corrected chi connectivity index (χ0v) is 13.6. The number of methoxy groups -OCH3 is 1. The highest BCUT2D eigenvalue weighted by molar-refractivity contribution is 6.30. The van der Waals surface area contributed by atoms with Crippen molar-refractivity contribution < 1.29 is 14.6 Å². The number of nitrogens with one attached hydrogen (secondary N) is 1. The lowest BCUT2D eigenvalue weighted by atomic mass is 9.64. The summed E-state index contributed by atoms with van der Waals surface area (Å²) >= 11 is 5.94. The Hall–Kier alpha value is -2.20. The van der Waals surface area contributed by atoms with E-state index in [1.54, 1.807) is 12.1 Å². The van der Waals surface area contributed by atoms with Gasteiger partial charge in [-0.2, -0.15) is 0 Å². The molecule has 23 heavy (non-hydrogen) atoms. The highest BCUT2D eigenvalue weighted by Crippen LogP contribution is 2.45. The summed E-state index contributed by atoms with van der Waals surface area (Å²) in [5.41, 5.74) is 1.08. The molecule has 0 radical (unpaired) electrons. The largest absolute Gasteiger partial charge is 0.504 e. The summed E-state index contributed by atoms with van der Waals surface area (Å²) in [6.07, 6.45) is 2.65. The van der Waals surface area contributed by atoms with E-state index < -0.39 is 5.41 Å². The van der Waals surface area contributed by atoms with Crippen LogP contribution in [0.4, 0.5) is 5.69 Å². The average Bonchev–Trinajstić information content (AvgIpc) is 2.50. The van der Waals surface area contributed by atoms with E-state index in [9.17, 15) is 9.90 Å². The minimum atomic E-state index is -0.504. The number of anilines is 1. The van der Waals surface area contributed by atoms with Gasteiger partial charge in [0.2, 0.25) is 5.91 Å². The van der Waals surface area contributed by atoms with Gasteiger partial charge in [0.1, 0.15) is 0 Å². The fourth-order valence-electron chi connectivity index (χ4n) is 2.95. The normalized spacial score (nSPS) is 15.6. The molecule has 4 nitrogen and oxygen atoms in total. The summed E-state index contributed by atoms with van der Waals surface area (Å²) in [7, 11) is 1.47. The number of rotatable bonds is 4. The van der Waals surface area contributed by atoms with Crippen LogP contribution in [-0.2, 0) is 10.2 Å². The van der Waals surface area contributed by atoms with Crippen LogP contribution >= 0.6 is 11.6 Å². The van der Waals surface area contributed by atoms with Gasteiger partial charge in [0.05, 0.1) is 12.5 Å². The number of hydrogen-bond donors (Lipinski definition) is 2. The number of aromatic hydroxyl groups is 1. The fraction of sp³-hybridized carbons (Fsp3) is 0.278. The summed E-state index contributed by atoms with van der Waals surface area (Å²) in [6, 6.07) is 12.2. The Balaban J connectivity index is 1.85. The topological polar surface area (TPSA) is 58.6 Å². The van der Waals surface area contributed by atoms with Crippen LogP contribution in [0, 0.1) is 0 Å². The number of ether oxygens (including phenoxy) is 1. The predicted octanol–water partition coefficient (Wildman–Crippen LogP) is 4.11. The Labute approximate surface area is 140 Å². The Morgan fingerprint density at radius 1 is 1.22 bits per heavy atom. The Morgan fingerprint density at radius 2 is 1.91 bits per heavy atom. The molecular weight excluding hydrogens is 314 g/mol. The molecule has 1 aliphatic rings. The van der Waals surface area contributed by atoms with Gasteiger partial charge in [-0.05, 0) is 42.7 Å².